The number of nitrogens with zero attached hydrogens (tertiary/aromatic N) is 3. The summed E-state index contributed by atoms with van der Waals surface area (Å²) in [6.07, 6.45) is 1.48. The molecule has 0 aliphatic rings. The average molecular weight is 305 g/mol. The van der Waals surface area contributed by atoms with Gasteiger partial charge >= 0.3 is 0 Å². The maximum absolute atomic E-state index is 8.97. The Morgan fingerprint density at radius 2 is 2.22 bits per heavy atom. The van der Waals surface area contributed by atoms with Gasteiger partial charge in [0.15, 0.2) is 5.82 Å². The predicted molar refractivity (Wildman–Crippen MR) is 70.7 cm³/mol. The van der Waals surface area contributed by atoms with E-state index in [2.05, 4.69) is 37.5 Å². The lowest BCUT2D eigenvalue weighted by molar-refractivity contribution is 0.415. The highest BCUT2D eigenvalue weighted by Crippen LogP contribution is 2.29. The monoisotopic (exact) mass is 304 g/mol. The van der Waals surface area contributed by atoms with Gasteiger partial charge < -0.3 is 10.1 Å². The number of benzene rings is 1. The van der Waals surface area contributed by atoms with Crippen molar-refractivity contribution in [1.29, 1.82) is 5.26 Å². The lowest BCUT2D eigenvalue weighted by Gasteiger charge is -2.09. The first-order chi connectivity index (χ1) is 8.74. The molecule has 6 heteroatoms. The third-order valence-corrected chi connectivity index (χ3v) is 2.96. The molecule has 1 heterocycles. The molecule has 90 valence electrons. The minimum absolute atomic E-state index is 0.411. The van der Waals surface area contributed by atoms with Crippen molar-refractivity contribution in [1.82, 2.24) is 10.2 Å². The van der Waals surface area contributed by atoms with Crippen LogP contribution in [0.25, 0.3) is 0 Å². The Bertz CT molecular complexity index is 609. The fourth-order valence-corrected chi connectivity index (χ4v) is 1.71. The van der Waals surface area contributed by atoms with Crippen LogP contribution in [0.15, 0.2) is 34.9 Å². The Kier molecular flexibility index (Phi) is 3.75. The van der Waals surface area contributed by atoms with Crippen LogP contribution < -0.4 is 10.1 Å². The highest BCUT2D eigenvalue weighted by Gasteiger charge is 2.07. The molecule has 1 N–H and O–H groups in total. The van der Waals surface area contributed by atoms with Gasteiger partial charge in [0.2, 0.25) is 0 Å². The number of rotatable bonds is 3. The minimum Gasteiger partial charge on any atom is -0.497 e. The van der Waals surface area contributed by atoms with Gasteiger partial charge in [0.05, 0.1) is 24.6 Å². The van der Waals surface area contributed by atoms with Crippen LogP contribution in [0.4, 0.5) is 11.5 Å². The van der Waals surface area contributed by atoms with Crippen molar-refractivity contribution >= 4 is 27.4 Å². The molecule has 0 saturated carbocycles. The number of hydrogen-bond donors (Lipinski definition) is 1. The third-order valence-electron chi connectivity index (χ3n) is 2.27. The first kappa shape index (κ1) is 12.3. The molecule has 0 radical (unpaired) electrons. The van der Waals surface area contributed by atoms with Crippen molar-refractivity contribution in [3.8, 4) is 11.8 Å². The molecule has 1 aromatic carbocycles. The predicted octanol–water partition coefficient (Wildman–Crippen LogP) is 2.86. The molecule has 0 fully saturated rings. The molecular weight excluding hydrogens is 296 g/mol. The van der Waals surface area contributed by atoms with Crippen LogP contribution in [0.3, 0.4) is 0 Å². The van der Waals surface area contributed by atoms with Crippen molar-refractivity contribution < 1.29 is 4.74 Å². The van der Waals surface area contributed by atoms with E-state index in [0.29, 0.717) is 17.1 Å². The number of aromatic nitrogens is 2. The second-order valence-electron chi connectivity index (χ2n) is 3.38. The summed E-state index contributed by atoms with van der Waals surface area (Å²) in [5, 5.41) is 19.7. The van der Waals surface area contributed by atoms with Crippen LogP contribution in [0.5, 0.6) is 5.75 Å². The number of nitriles is 1. The van der Waals surface area contributed by atoms with Crippen molar-refractivity contribution in [2.75, 3.05) is 12.4 Å². The second kappa shape index (κ2) is 5.47. The van der Waals surface area contributed by atoms with Crippen molar-refractivity contribution in [3.05, 3.63) is 40.5 Å². The number of nitrogens with one attached hydrogen (secondary N) is 1. The number of methoxy groups -OCH3 is 1. The van der Waals surface area contributed by atoms with Gasteiger partial charge in [-0.05, 0) is 34.1 Å². The maximum atomic E-state index is 8.97. The zero-order valence-corrected chi connectivity index (χ0v) is 11.1. The molecule has 0 aliphatic carbocycles. The third kappa shape index (κ3) is 2.57. The quantitative estimate of drug-likeness (QED) is 0.944. The number of anilines is 2. The summed E-state index contributed by atoms with van der Waals surface area (Å²) in [6, 6.07) is 9.14. The second-order valence-corrected chi connectivity index (χ2v) is 4.23. The number of hydrogen-bond acceptors (Lipinski definition) is 5. The summed E-state index contributed by atoms with van der Waals surface area (Å²) in [6.45, 7) is 0. The SMILES string of the molecule is COc1ccc(Br)c(Nc2nnccc2C#N)c1. The maximum Gasteiger partial charge on any atom is 0.171 e. The Morgan fingerprint density at radius 1 is 1.39 bits per heavy atom. The molecular formula is C12H9BrN4O. The lowest BCUT2D eigenvalue weighted by Crippen LogP contribution is -1.99. The highest BCUT2D eigenvalue weighted by molar-refractivity contribution is 9.10. The summed E-state index contributed by atoms with van der Waals surface area (Å²) in [7, 11) is 1.59. The minimum atomic E-state index is 0.411. The van der Waals surface area contributed by atoms with Gasteiger partial charge in [0.25, 0.3) is 0 Å². The Morgan fingerprint density at radius 3 is 2.94 bits per heavy atom. The van der Waals surface area contributed by atoms with Crippen LogP contribution in [-0.2, 0) is 0 Å². The number of ether oxygens (including phenoxy) is 1. The van der Waals surface area contributed by atoms with E-state index in [9.17, 15) is 0 Å². The van der Waals surface area contributed by atoms with Crippen molar-refractivity contribution in [2.45, 2.75) is 0 Å². The van der Waals surface area contributed by atoms with E-state index in [-0.39, 0.29) is 0 Å². The van der Waals surface area contributed by atoms with Gasteiger partial charge in [-0.2, -0.15) is 10.4 Å². The fourth-order valence-electron chi connectivity index (χ4n) is 1.37. The summed E-state index contributed by atoms with van der Waals surface area (Å²) < 4.78 is 5.99. The molecule has 2 rings (SSSR count). The van der Waals surface area contributed by atoms with Gasteiger partial charge in [-0.3, -0.25) is 0 Å². The molecule has 0 saturated heterocycles. The van der Waals surface area contributed by atoms with Gasteiger partial charge in [0.1, 0.15) is 11.8 Å². The van der Waals surface area contributed by atoms with E-state index in [1.807, 2.05) is 12.1 Å². The first-order valence-electron chi connectivity index (χ1n) is 5.07. The van der Waals surface area contributed by atoms with Gasteiger partial charge in [0, 0.05) is 10.5 Å². The molecule has 0 bridgehead atoms. The smallest absolute Gasteiger partial charge is 0.171 e. The zero-order valence-electron chi connectivity index (χ0n) is 9.51. The molecule has 0 amide bonds. The van der Waals surface area contributed by atoms with E-state index in [1.165, 1.54) is 6.20 Å². The van der Waals surface area contributed by atoms with Crippen LogP contribution in [0, 0.1) is 11.3 Å². The molecule has 5 nitrogen and oxygen atoms in total. The van der Waals surface area contributed by atoms with E-state index >= 15 is 0 Å². The summed E-state index contributed by atoms with van der Waals surface area (Å²) in [5.41, 5.74) is 1.19. The first-order valence-corrected chi connectivity index (χ1v) is 5.86. The van der Waals surface area contributed by atoms with E-state index in [4.69, 9.17) is 10.00 Å². The molecule has 0 atom stereocenters. The van der Waals surface area contributed by atoms with Crippen LogP contribution in [0.2, 0.25) is 0 Å². The topological polar surface area (TPSA) is 70.8 Å². The standard InChI is InChI=1S/C12H9BrN4O/c1-18-9-2-3-10(13)11(6-9)16-12-8(7-14)4-5-15-17-12/h2-6H,1H3,(H,16,17). The molecule has 0 unspecified atom stereocenters. The Balaban J connectivity index is 2.37. The average Bonchev–Trinajstić information content (AvgIpc) is 2.42. The van der Waals surface area contributed by atoms with Crippen LogP contribution in [-0.4, -0.2) is 17.3 Å². The zero-order chi connectivity index (χ0) is 13.0. The highest BCUT2D eigenvalue weighted by atomic mass is 79.9. The fraction of sp³-hybridized carbons (Fsp3) is 0.0833. The van der Waals surface area contributed by atoms with Gasteiger partial charge in [-0.25, -0.2) is 0 Å². The van der Waals surface area contributed by atoms with Crippen molar-refractivity contribution in [2.24, 2.45) is 0 Å². The van der Waals surface area contributed by atoms with Crippen molar-refractivity contribution in [3.63, 3.8) is 0 Å². The summed E-state index contributed by atoms with van der Waals surface area (Å²) in [5.74, 6) is 1.12. The Hall–Kier alpha value is -2.13. The summed E-state index contributed by atoms with van der Waals surface area (Å²) in [4.78, 5) is 0. The van der Waals surface area contributed by atoms with Gasteiger partial charge in [-0.15, -0.1) is 5.10 Å². The number of halogens is 1. The molecule has 2 aromatic rings. The van der Waals surface area contributed by atoms with Crippen LogP contribution in [0.1, 0.15) is 5.56 Å². The lowest BCUT2D eigenvalue weighted by atomic mass is 10.2. The molecule has 0 spiro atoms. The van der Waals surface area contributed by atoms with E-state index < -0.39 is 0 Å². The molecule has 0 aliphatic heterocycles. The summed E-state index contributed by atoms with van der Waals surface area (Å²) >= 11 is 3.41. The normalized spacial score (nSPS) is 9.61. The van der Waals surface area contributed by atoms with E-state index in [0.717, 1.165) is 10.2 Å². The molecule has 1 aromatic heterocycles. The van der Waals surface area contributed by atoms with Crippen LogP contribution >= 0.6 is 15.9 Å². The Labute approximate surface area is 113 Å². The van der Waals surface area contributed by atoms with Gasteiger partial charge in [-0.1, -0.05) is 0 Å². The largest absolute Gasteiger partial charge is 0.497 e. The van der Waals surface area contributed by atoms with E-state index in [1.54, 1.807) is 19.2 Å². The molecule has 18 heavy (non-hydrogen) atoms.